The number of imide groups is 1. The number of amides is 3. The molecule has 1 unspecified atom stereocenters. The van der Waals surface area contributed by atoms with Crippen molar-refractivity contribution >= 4 is 39.3 Å². The minimum absolute atomic E-state index is 0.0456. The number of fused-ring (bicyclic) bond motifs is 1. The predicted molar refractivity (Wildman–Crippen MR) is 111 cm³/mol. The molecule has 1 aliphatic heterocycles. The molecule has 0 radical (unpaired) electrons. The number of nitrogens with one attached hydrogen (secondary N) is 1. The van der Waals surface area contributed by atoms with Crippen LogP contribution in [-0.2, 0) is 21.6 Å². The van der Waals surface area contributed by atoms with Crippen molar-refractivity contribution in [2.24, 2.45) is 0 Å². The number of hydrogen-bond acceptors (Lipinski definition) is 5. The van der Waals surface area contributed by atoms with Gasteiger partial charge in [-0.05, 0) is 43.7 Å². The van der Waals surface area contributed by atoms with Crippen molar-refractivity contribution in [2.75, 3.05) is 6.61 Å². The van der Waals surface area contributed by atoms with Gasteiger partial charge in [-0.15, -0.1) is 11.3 Å². The van der Waals surface area contributed by atoms with Crippen LogP contribution in [0.15, 0.2) is 36.4 Å². The molecule has 0 bridgehead atoms. The average molecular weight is 462 g/mol. The van der Waals surface area contributed by atoms with Gasteiger partial charge in [0.25, 0.3) is 5.91 Å². The molecule has 32 heavy (non-hydrogen) atoms. The molecular weight excluding hydrogens is 445 g/mol. The first kappa shape index (κ1) is 21.8. The highest BCUT2D eigenvalue weighted by atomic mass is 32.1. The second kappa shape index (κ2) is 7.94. The van der Waals surface area contributed by atoms with E-state index >= 15 is 0 Å². The Morgan fingerprint density at radius 3 is 2.56 bits per heavy atom. The lowest BCUT2D eigenvalue weighted by Gasteiger charge is -2.22. The Kier molecular flexibility index (Phi) is 5.41. The van der Waals surface area contributed by atoms with E-state index < -0.39 is 47.4 Å². The number of ether oxygens (including phenoxy) is 1. The Hall–Kier alpha value is -3.40. The number of carbonyl (C=O) groups excluding carboxylic acids is 3. The molecule has 0 spiro atoms. The van der Waals surface area contributed by atoms with Gasteiger partial charge in [0.1, 0.15) is 16.2 Å². The Morgan fingerprint density at radius 2 is 1.88 bits per heavy atom. The van der Waals surface area contributed by atoms with E-state index in [4.69, 9.17) is 4.74 Å². The van der Waals surface area contributed by atoms with Crippen LogP contribution in [0.4, 0.5) is 18.0 Å². The van der Waals surface area contributed by atoms with Gasteiger partial charge in [0.15, 0.2) is 11.6 Å². The second-order valence-electron chi connectivity index (χ2n) is 7.32. The number of benzene rings is 2. The summed E-state index contributed by atoms with van der Waals surface area (Å²) >= 11 is 0.996. The molecule has 1 aliphatic rings. The number of thiophene rings is 1. The quantitative estimate of drug-likeness (QED) is 0.449. The van der Waals surface area contributed by atoms with Gasteiger partial charge in [-0.2, -0.15) is 0 Å². The molecule has 2 heterocycles. The summed E-state index contributed by atoms with van der Waals surface area (Å²) in [5.74, 6) is -4.32. The van der Waals surface area contributed by atoms with Gasteiger partial charge in [0, 0.05) is 15.6 Å². The fourth-order valence-electron chi connectivity index (χ4n) is 3.68. The number of rotatable bonds is 5. The highest BCUT2D eigenvalue weighted by Gasteiger charge is 2.49. The van der Waals surface area contributed by atoms with E-state index in [1.54, 1.807) is 13.0 Å². The molecular formula is C22H17F3N2O4S. The van der Waals surface area contributed by atoms with Gasteiger partial charge in [-0.1, -0.05) is 12.1 Å². The highest BCUT2D eigenvalue weighted by Crippen LogP contribution is 2.37. The molecule has 10 heteroatoms. The average Bonchev–Trinajstić information content (AvgIpc) is 3.22. The number of halogens is 3. The highest BCUT2D eigenvalue weighted by molar-refractivity contribution is 7.21. The van der Waals surface area contributed by atoms with E-state index in [0.717, 1.165) is 28.4 Å². The minimum atomic E-state index is -1.67. The third kappa shape index (κ3) is 3.40. The topological polar surface area (TPSA) is 75.7 Å². The molecule has 0 saturated carbocycles. The van der Waals surface area contributed by atoms with Crippen LogP contribution in [0.2, 0.25) is 0 Å². The lowest BCUT2D eigenvalue weighted by atomic mass is 9.92. The first-order valence-electron chi connectivity index (χ1n) is 9.64. The fraction of sp³-hybridized carbons (Fsp3) is 0.227. The Bertz CT molecular complexity index is 1280. The summed E-state index contributed by atoms with van der Waals surface area (Å²) in [4.78, 5) is 39.3. The third-order valence-electron chi connectivity index (χ3n) is 5.31. The largest absolute Gasteiger partial charge is 0.462 e. The summed E-state index contributed by atoms with van der Waals surface area (Å²) in [6.45, 7) is 2.67. The molecule has 6 nitrogen and oxygen atoms in total. The van der Waals surface area contributed by atoms with Crippen LogP contribution in [0.3, 0.4) is 0 Å². The summed E-state index contributed by atoms with van der Waals surface area (Å²) in [5, 5.41) is 2.60. The van der Waals surface area contributed by atoms with Crippen molar-refractivity contribution in [1.29, 1.82) is 0 Å². The van der Waals surface area contributed by atoms with Crippen LogP contribution in [-0.4, -0.2) is 29.4 Å². The van der Waals surface area contributed by atoms with Gasteiger partial charge >= 0.3 is 12.0 Å². The first-order valence-corrected chi connectivity index (χ1v) is 10.5. The summed E-state index contributed by atoms with van der Waals surface area (Å²) in [5.41, 5.74) is -1.48. The maximum atomic E-state index is 14.7. The zero-order valence-electron chi connectivity index (χ0n) is 17.0. The molecule has 1 saturated heterocycles. The van der Waals surface area contributed by atoms with Crippen LogP contribution < -0.4 is 5.32 Å². The van der Waals surface area contributed by atoms with Crippen LogP contribution >= 0.6 is 11.3 Å². The van der Waals surface area contributed by atoms with Crippen molar-refractivity contribution in [1.82, 2.24) is 10.2 Å². The van der Waals surface area contributed by atoms with Crippen molar-refractivity contribution in [2.45, 2.75) is 25.9 Å². The van der Waals surface area contributed by atoms with Gasteiger partial charge < -0.3 is 10.1 Å². The smallest absolute Gasteiger partial charge is 0.348 e. The maximum Gasteiger partial charge on any atom is 0.348 e. The molecule has 1 N–H and O–H groups in total. The van der Waals surface area contributed by atoms with E-state index in [-0.39, 0.29) is 28.0 Å². The summed E-state index contributed by atoms with van der Waals surface area (Å²) < 4.78 is 47.3. The molecule has 0 aliphatic carbocycles. The Balaban J connectivity index is 1.77. The first-order chi connectivity index (χ1) is 15.2. The molecule has 1 atom stereocenters. The molecule has 166 valence electrons. The molecule has 2 aromatic carbocycles. The molecule has 3 amide bonds. The molecule has 3 aromatic rings. The fourth-order valence-corrected chi connectivity index (χ4v) is 4.80. The normalized spacial score (nSPS) is 18.3. The SMILES string of the molecule is CCOC(=O)c1sc2cccc(F)c2c1CN1C(=O)NC(C)(c2ccc(F)c(F)c2)C1=O. The minimum Gasteiger partial charge on any atom is -0.462 e. The van der Waals surface area contributed by atoms with Crippen molar-refractivity contribution in [3.63, 3.8) is 0 Å². The molecule has 1 aromatic heterocycles. The van der Waals surface area contributed by atoms with Gasteiger partial charge in [-0.3, -0.25) is 9.69 Å². The Morgan fingerprint density at radius 1 is 1.12 bits per heavy atom. The van der Waals surface area contributed by atoms with Crippen LogP contribution in [0, 0.1) is 17.5 Å². The zero-order chi connectivity index (χ0) is 23.2. The van der Waals surface area contributed by atoms with Crippen molar-refractivity contribution < 1.29 is 32.3 Å². The van der Waals surface area contributed by atoms with Gasteiger partial charge in [0.2, 0.25) is 0 Å². The summed E-state index contributed by atoms with van der Waals surface area (Å²) in [6, 6.07) is 6.40. The van der Waals surface area contributed by atoms with E-state index in [0.29, 0.717) is 4.70 Å². The van der Waals surface area contributed by atoms with Crippen molar-refractivity contribution in [3.8, 4) is 0 Å². The Labute approximate surface area is 184 Å². The maximum absolute atomic E-state index is 14.7. The van der Waals surface area contributed by atoms with Gasteiger partial charge in [-0.25, -0.2) is 22.8 Å². The molecule has 4 rings (SSSR count). The monoisotopic (exact) mass is 462 g/mol. The van der Waals surface area contributed by atoms with Crippen LogP contribution in [0.1, 0.15) is 34.6 Å². The number of esters is 1. The number of urea groups is 1. The predicted octanol–water partition coefficient (Wildman–Crippen LogP) is 4.46. The number of nitrogens with zero attached hydrogens (tertiary/aromatic N) is 1. The lowest BCUT2D eigenvalue weighted by molar-refractivity contribution is -0.131. The van der Waals surface area contributed by atoms with Crippen molar-refractivity contribution in [3.05, 3.63) is 69.9 Å². The number of carbonyl (C=O) groups is 3. The standard InChI is InChI=1S/C22H17F3N2O4S/c1-3-31-19(28)18-12(17-14(24)5-4-6-16(17)32-18)10-27-20(29)22(2,26-21(27)30)11-7-8-13(23)15(25)9-11/h4-9H,3,10H2,1-2H3,(H,26,30). The summed E-state index contributed by atoms with van der Waals surface area (Å²) in [7, 11) is 0. The third-order valence-corrected chi connectivity index (χ3v) is 6.49. The summed E-state index contributed by atoms with van der Waals surface area (Å²) in [6.07, 6.45) is 0. The number of hydrogen-bond donors (Lipinski definition) is 1. The second-order valence-corrected chi connectivity index (χ2v) is 8.37. The van der Waals surface area contributed by atoms with Crippen LogP contribution in [0.25, 0.3) is 10.1 Å². The van der Waals surface area contributed by atoms with Gasteiger partial charge in [0.05, 0.1) is 13.2 Å². The van der Waals surface area contributed by atoms with E-state index in [1.807, 2.05) is 0 Å². The molecule has 1 fully saturated rings. The van der Waals surface area contributed by atoms with E-state index in [1.165, 1.54) is 25.1 Å². The lowest BCUT2D eigenvalue weighted by Crippen LogP contribution is -2.41. The van der Waals surface area contributed by atoms with Crippen LogP contribution in [0.5, 0.6) is 0 Å². The van der Waals surface area contributed by atoms with E-state index in [2.05, 4.69) is 5.32 Å². The van der Waals surface area contributed by atoms with E-state index in [9.17, 15) is 27.6 Å². The zero-order valence-corrected chi connectivity index (χ0v) is 17.8.